The number of hydrogen-bond donors (Lipinski definition) is 1. The number of likely N-dealkylation sites (N-methyl/N-ethyl adjacent to an activating group) is 1. The van der Waals surface area contributed by atoms with Crippen molar-refractivity contribution in [3.8, 4) is 0 Å². The van der Waals surface area contributed by atoms with Crippen molar-refractivity contribution in [1.29, 1.82) is 0 Å². The number of nitrogens with one attached hydrogen (secondary N) is 1. The minimum Gasteiger partial charge on any atom is -0.355 e. The van der Waals surface area contributed by atoms with Crippen LogP contribution in [0.1, 0.15) is 39.7 Å². The van der Waals surface area contributed by atoms with E-state index in [0.717, 1.165) is 38.4 Å². The minimum absolute atomic E-state index is 0.136. The molecule has 0 saturated carbocycles. The van der Waals surface area contributed by atoms with Gasteiger partial charge in [-0.1, -0.05) is 6.92 Å². The summed E-state index contributed by atoms with van der Waals surface area (Å²) >= 11 is 0. The summed E-state index contributed by atoms with van der Waals surface area (Å²) in [4.78, 5) is 9.15. The van der Waals surface area contributed by atoms with Gasteiger partial charge in [-0.05, 0) is 59.0 Å². The minimum atomic E-state index is 0.136. The molecule has 0 unspecified atom stereocenters. The SMILES string of the molecule is CCCN(CCN(C)C)c1cc(CNC(C)(C)C)ccn1. The Morgan fingerprint density at radius 3 is 2.43 bits per heavy atom. The lowest BCUT2D eigenvalue weighted by Gasteiger charge is -2.26. The van der Waals surface area contributed by atoms with Crippen molar-refractivity contribution in [2.24, 2.45) is 0 Å². The molecule has 0 radical (unpaired) electrons. The number of aromatic nitrogens is 1. The molecule has 120 valence electrons. The molecule has 0 aliphatic carbocycles. The van der Waals surface area contributed by atoms with E-state index < -0.39 is 0 Å². The van der Waals surface area contributed by atoms with Gasteiger partial charge in [0.25, 0.3) is 0 Å². The third-order valence-corrected chi connectivity index (χ3v) is 3.27. The summed E-state index contributed by atoms with van der Waals surface area (Å²) in [5, 5.41) is 3.53. The largest absolute Gasteiger partial charge is 0.355 e. The van der Waals surface area contributed by atoms with E-state index in [1.807, 2.05) is 6.20 Å². The summed E-state index contributed by atoms with van der Waals surface area (Å²) in [6.07, 6.45) is 3.06. The molecule has 0 aliphatic rings. The van der Waals surface area contributed by atoms with E-state index in [1.54, 1.807) is 0 Å². The van der Waals surface area contributed by atoms with Gasteiger partial charge < -0.3 is 15.1 Å². The molecule has 1 aromatic heterocycles. The summed E-state index contributed by atoms with van der Waals surface area (Å²) in [7, 11) is 4.22. The highest BCUT2D eigenvalue weighted by Gasteiger charge is 2.11. The van der Waals surface area contributed by atoms with Crippen molar-refractivity contribution in [1.82, 2.24) is 15.2 Å². The topological polar surface area (TPSA) is 31.4 Å². The molecule has 1 rings (SSSR count). The molecule has 21 heavy (non-hydrogen) atoms. The number of anilines is 1. The molecule has 0 amide bonds. The van der Waals surface area contributed by atoms with E-state index in [1.165, 1.54) is 5.56 Å². The van der Waals surface area contributed by atoms with E-state index in [2.05, 4.69) is 74.0 Å². The van der Waals surface area contributed by atoms with E-state index in [-0.39, 0.29) is 5.54 Å². The van der Waals surface area contributed by atoms with Gasteiger partial charge in [0.1, 0.15) is 5.82 Å². The zero-order valence-corrected chi connectivity index (χ0v) is 14.6. The van der Waals surface area contributed by atoms with Crippen molar-refractivity contribution >= 4 is 5.82 Å². The average molecular weight is 292 g/mol. The summed E-state index contributed by atoms with van der Waals surface area (Å²) in [5.74, 6) is 1.09. The van der Waals surface area contributed by atoms with Crippen LogP contribution in [0.4, 0.5) is 5.82 Å². The Hall–Kier alpha value is -1.13. The first kappa shape index (κ1) is 17.9. The number of rotatable bonds is 8. The molecule has 4 nitrogen and oxygen atoms in total. The van der Waals surface area contributed by atoms with Gasteiger partial charge in [-0.2, -0.15) is 0 Å². The van der Waals surface area contributed by atoms with Gasteiger partial charge in [-0.15, -0.1) is 0 Å². The highest BCUT2D eigenvalue weighted by molar-refractivity contribution is 5.41. The van der Waals surface area contributed by atoms with E-state index in [4.69, 9.17) is 0 Å². The second kappa shape index (κ2) is 8.35. The summed E-state index contributed by atoms with van der Waals surface area (Å²) < 4.78 is 0. The monoisotopic (exact) mass is 292 g/mol. The molecule has 0 spiro atoms. The fourth-order valence-electron chi connectivity index (χ4n) is 2.04. The van der Waals surface area contributed by atoms with Crippen LogP contribution in [0.3, 0.4) is 0 Å². The van der Waals surface area contributed by atoms with E-state index >= 15 is 0 Å². The van der Waals surface area contributed by atoms with Gasteiger partial charge in [0.05, 0.1) is 0 Å². The fraction of sp³-hybridized carbons (Fsp3) is 0.706. The number of pyridine rings is 1. The average Bonchev–Trinajstić information content (AvgIpc) is 2.40. The second-order valence-corrected chi connectivity index (χ2v) is 6.92. The summed E-state index contributed by atoms with van der Waals surface area (Å²) in [6.45, 7) is 12.8. The van der Waals surface area contributed by atoms with Gasteiger partial charge in [0, 0.05) is 37.9 Å². The third kappa shape index (κ3) is 7.44. The first-order valence-electron chi connectivity index (χ1n) is 7.91. The Bertz CT molecular complexity index is 409. The third-order valence-electron chi connectivity index (χ3n) is 3.27. The molecule has 1 aromatic rings. The zero-order valence-electron chi connectivity index (χ0n) is 14.6. The molecule has 0 aliphatic heterocycles. The highest BCUT2D eigenvalue weighted by Crippen LogP contribution is 2.14. The van der Waals surface area contributed by atoms with Crippen molar-refractivity contribution in [2.45, 2.75) is 46.2 Å². The summed E-state index contributed by atoms with van der Waals surface area (Å²) in [5.41, 5.74) is 1.43. The number of hydrogen-bond acceptors (Lipinski definition) is 4. The lowest BCUT2D eigenvalue weighted by molar-refractivity contribution is 0.412. The molecular weight excluding hydrogens is 260 g/mol. The van der Waals surface area contributed by atoms with Crippen LogP contribution in [0.15, 0.2) is 18.3 Å². The molecule has 1 heterocycles. The molecule has 4 heteroatoms. The smallest absolute Gasteiger partial charge is 0.128 e. The molecule has 0 atom stereocenters. The predicted octanol–water partition coefficient (Wildman–Crippen LogP) is 2.75. The zero-order chi connectivity index (χ0) is 15.9. The Labute approximate surface area is 130 Å². The molecule has 0 aromatic carbocycles. The maximum Gasteiger partial charge on any atom is 0.128 e. The van der Waals surface area contributed by atoms with Crippen molar-refractivity contribution in [3.05, 3.63) is 23.9 Å². The lowest BCUT2D eigenvalue weighted by Crippen LogP contribution is -2.35. The second-order valence-electron chi connectivity index (χ2n) is 6.92. The fourth-order valence-corrected chi connectivity index (χ4v) is 2.04. The van der Waals surface area contributed by atoms with Crippen LogP contribution in [-0.4, -0.2) is 49.2 Å². The predicted molar refractivity (Wildman–Crippen MR) is 91.9 cm³/mol. The van der Waals surface area contributed by atoms with Gasteiger partial charge in [0.2, 0.25) is 0 Å². The van der Waals surface area contributed by atoms with Gasteiger partial charge >= 0.3 is 0 Å². The van der Waals surface area contributed by atoms with Crippen LogP contribution in [0.25, 0.3) is 0 Å². The first-order chi connectivity index (χ1) is 9.81. The van der Waals surface area contributed by atoms with Crippen molar-refractivity contribution < 1.29 is 0 Å². The van der Waals surface area contributed by atoms with E-state index in [0.29, 0.717) is 0 Å². The highest BCUT2D eigenvalue weighted by atomic mass is 15.2. The Morgan fingerprint density at radius 1 is 1.14 bits per heavy atom. The normalized spacial score (nSPS) is 12.0. The Balaban J connectivity index is 2.74. The Kier molecular flexibility index (Phi) is 7.12. The molecular formula is C17H32N4. The van der Waals surface area contributed by atoms with Crippen LogP contribution < -0.4 is 10.2 Å². The van der Waals surface area contributed by atoms with Crippen molar-refractivity contribution in [3.63, 3.8) is 0 Å². The van der Waals surface area contributed by atoms with Gasteiger partial charge in [-0.3, -0.25) is 0 Å². The molecule has 1 N–H and O–H groups in total. The maximum absolute atomic E-state index is 4.56. The van der Waals surface area contributed by atoms with Gasteiger partial charge in [-0.25, -0.2) is 4.98 Å². The molecule has 0 fully saturated rings. The Morgan fingerprint density at radius 2 is 1.86 bits per heavy atom. The van der Waals surface area contributed by atoms with Crippen LogP contribution in [-0.2, 0) is 6.54 Å². The van der Waals surface area contributed by atoms with Gasteiger partial charge in [0.15, 0.2) is 0 Å². The first-order valence-corrected chi connectivity index (χ1v) is 7.91. The standard InChI is InChI=1S/C17H32N4/c1-7-10-21(12-11-20(5)6)16-13-15(8-9-18-16)14-19-17(2,3)4/h8-9,13,19H,7,10-12,14H2,1-6H3. The van der Waals surface area contributed by atoms with Crippen LogP contribution in [0.5, 0.6) is 0 Å². The van der Waals surface area contributed by atoms with Crippen molar-refractivity contribution in [2.75, 3.05) is 38.6 Å². The maximum atomic E-state index is 4.56. The van der Waals surface area contributed by atoms with E-state index in [9.17, 15) is 0 Å². The summed E-state index contributed by atoms with van der Waals surface area (Å²) in [6, 6.07) is 4.31. The number of nitrogens with zero attached hydrogens (tertiary/aromatic N) is 3. The van der Waals surface area contributed by atoms with Crippen LogP contribution >= 0.6 is 0 Å². The molecule has 0 saturated heterocycles. The molecule has 0 bridgehead atoms. The quantitative estimate of drug-likeness (QED) is 0.798. The van der Waals surface area contributed by atoms with Crippen LogP contribution in [0, 0.1) is 0 Å². The van der Waals surface area contributed by atoms with Crippen LogP contribution in [0.2, 0.25) is 0 Å². The lowest BCUT2D eigenvalue weighted by atomic mass is 10.1.